The van der Waals surface area contributed by atoms with Crippen molar-refractivity contribution in [3.05, 3.63) is 42.2 Å². The zero-order valence-electron chi connectivity index (χ0n) is 9.98. The van der Waals surface area contributed by atoms with Crippen molar-refractivity contribution in [2.24, 2.45) is 0 Å². The first kappa shape index (κ1) is 11.6. The Morgan fingerprint density at radius 3 is 3.06 bits per heavy atom. The minimum atomic E-state index is 0.355. The van der Waals surface area contributed by atoms with Crippen LogP contribution in [-0.4, -0.2) is 11.0 Å². The molecule has 0 aliphatic rings. The molecular weight excluding hydrogens is 208 g/mol. The molecule has 1 unspecified atom stereocenters. The van der Waals surface area contributed by atoms with Gasteiger partial charge in [-0.3, -0.25) is 4.98 Å². The number of nitrogens with zero attached hydrogens (tertiary/aromatic N) is 1. The van der Waals surface area contributed by atoms with Gasteiger partial charge in [-0.05, 0) is 30.0 Å². The lowest BCUT2D eigenvalue weighted by molar-refractivity contribution is 0.560. The van der Waals surface area contributed by atoms with E-state index in [4.69, 9.17) is 6.42 Å². The number of fused-ring (bicyclic) bond motifs is 1. The lowest BCUT2D eigenvalue weighted by Crippen LogP contribution is -2.24. The summed E-state index contributed by atoms with van der Waals surface area (Å²) in [7, 11) is 0. The minimum absolute atomic E-state index is 0.355. The molecule has 0 amide bonds. The normalized spacial score (nSPS) is 12.2. The highest BCUT2D eigenvalue weighted by molar-refractivity contribution is 5.81. The number of hydrogen-bond acceptors (Lipinski definition) is 2. The predicted molar refractivity (Wildman–Crippen MR) is 71.5 cm³/mol. The van der Waals surface area contributed by atoms with Gasteiger partial charge in [-0.25, -0.2) is 0 Å². The average molecular weight is 224 g/mol. The number of aromatic nitrogens is 1. The van der Waals surface area contributed by atoms with Crippen LogP contribution < -0.4 is 5.32 Å². The highest BCUT2D eigenvalue weighted by atomic mass is 14.9. The maximum absolute atomic E-state index is 5.28. The zero-order chi connectivity index (χ0) is 12.1. The molecule has 2 heteroatoms. The second-order valence-corrected chi connectivity index (χ2v) is 4.25. The number of nitrogens with one attached hydrogen (secondary N) is 1. The van der Waals surface area contributed by atoms with Crippen molar-refractivity contribution in [1.82, 2.24) is 10.3 Å². The van der Waals surface area contributed by atoms with Crippen LogP contribution in [0.4, 0.5) is 0 Å². The molecule has 0 aliphatic heterocycles. The quantitative estimate of drug-likeness (QED) is 0.808. The van der Waals surface area contributed by atoms with Crippen molar-refractivity contribution >= 4 is 10.8 Å². The monoisotopic (exact) mass is 224 g/mol. The van der Waals surface area contributed by atoms with Crippen molar-refractivity contribution in [1.29, 1.82) is 0 Å². The molecule has 0 saturated carbocycles. The van der Waals surface area contributed by atoms with Gasteiger partial charge < -0.3 is 5.32 Å². The Hall–Kier alpha value is -1.85. The standard InChI is InChI=1S/C15H16N2/c1-3-4-12(2)17-10-13-5-6-15-11-16-8-7-14(15)9-13/h1,5-9,11-12,17H,4,10H2,2H3. The first-order valence-corrected chi connectivity index (χ1v) is 5.79. The topological polar surface area (TPSA) is 24.9 Å². The fraction of sp³-hybridized carbons (Fsp3) is 0.267. The van der Waals surface area contributed by atoms with Crippen LogP contribution in [0.25, 0.3) is 10.8 Å². The van der Waals surface area contributed by atoms with Crippen molar-refractivity contribution in [3.63, 3.8) is 0 Å². The molecule has 1 N–H and O–H groups in total. The van der Waals surface area contributed by atoms with Gasteiger partial charge >= 0.3 is 0 Å². The van der Waals surface area contributed by atoms with Gasteiger partial charge in [-0.1, -0.05) is 12.1 Å². The summed E-state index contributed by atoms with van der Waals surface area (Å²) in [6.07, 6.45) is 9.74. The van der Waals surface area contributed by atoms with Crippen molar-refractivity contribution in [2.45, 2.75) is 25.9 Å². The molecule has 17 heavy (non-hydrogen) atoms. The summed E-state index contributed by atoms with van der Waals surface area (Å²) in [6.45, 7) is 2.95. The van der Waals surface area contributed by atoms with Gasteiger partial charge in [0.25, 0.3) is 0 Å². The molecule has 2 rings (SSSR count). The number of pyridine rings is 1. The van der Waals surface area contributed by atoms with Crippen LogP contribution in [0.15, 0.2) is 36.7 Å². The van der Waals surface area contributed by atoms with E-state index >= 15 is 0 Å². The number of benzene rings is 1. The Labute approximate surface area is 102 Å². The minimum Gasteiger partial charge on any atom is -0.309 e. The van der Waals surface area contributed by atoms with Gasteiger partial charge in [-0.15, -0.1) is 12.3 Å². The van der Waals surface area contributed by atoms with E-state index in [0.29, 0.717) is 6.04 Å². The van der Waals surface area contributed by atoms with Crippen LogP contribution in [0.1, 0.15) is 18.9 Å². The predicted octanol–water partition coefficient (Wildman–Crippen LogP) is 2.74. The Morgan fingerprint density at radius 1 is 1.35 bits per heavy atom. The average Bonchev–Trinajstić information content (AvgIpc) is 2.36. The van der Waals surface area contributed by atoms with Crippen molar-refractivity contribution in [3.8, 4) is 12.3 Å². The third-order valence-electron chi connectivity index (χ3n) is 2.78. The molecule has 0 saturated heterocycles. The maximum Gasteiger partial charge on any atom is 0.0346 e. The zero-order valence-corrected chi connectivity index (χ0v) is 9.98. The Bertz CT molecular complexity index is 540. The highest BCUT2D eigenvalue weighted by Gasteiger charge is 2.00. The van der Waals surface area contributed by atoms with Crippen LogP contribution in [0.3, 0.4) is 0 Å². The highest BCUT2D eigenvalue weighted by Crippen LogP contribution is 2.14. The summed E-state index contributed by atoms with van der Waals surface area (Å²) in [6, 6.07) is 8.80. The van der Waals surface area contributed by atoms with Crippen LogP contribution in [0.2, 0.25) is 0 Å². The summed E-state index contributed by atoms with van der Waals surface area (Å²) in [5.74, 6) is 2.66. The third-order valence-corrected chi connectivity index (χ3v) is 2.78. The van der Waals surface area contributed by atoms with Crippen molar-refractivity contribution < 1.29 is 0 Å². The Kier molecular flexibility index (Phi) is 3.74. The Balaban J connectivity index is 2.07. The van der Waals surface area contributed by atoms with Gasteiger partial charge in [0.1, 0.15) is 0 Å². The second kappa shape index (κ2) is 5.47. The first-order valence-electron chi connectivity index (χ1n) is 5.79. The molecule has 1 aromatic heterocycles. The molecule has 0 spiro atoms. The number of hydrogen-bond donors (Lipinski definition) is 1. The largest absolute Gasteiger partial charge is 0.309 e. The molecule has 2 nitrogen and oxygen atoms in total. The molecule has 0 bridgehead atoms. The SMILES string of the molecule is C#CCC(C)NCc1ccc2cnccc2c1. The van der Waals surface area contributed by atoms with E-state index in [2.05, 4.69) is 41.3 Å². The lowest BCUT2D eigenvalue weighted by Gasteiger charge is -2.11. The van der Waals surface area contributed by atoms with Crippen molar-refractivity contribution in [2.75, 3.05) is 0 Å². The smallest absolute Gasteiger partial charge is 0.0346 e. The maximum atomic E-state index is 5.28. The van der Waals surface area contributed by atoms with E-state index in [1.807, 2.05) is 18.5 Å². The number of terminal acetylenes is 1. The second-order valence-electron chi connectivity index (χ2n) is 4.25. The van der Waals surface area contributed by atoms with E-state index < -0.39 is 0 Å². The Morgan fingerprint density at radius 2 is 2.24 bits per heavy atom. The molecule has 0 aliphatic carbocycles. The fourth-order valence-electron chi connectivity index (χ4n) is 1.78. The number of rotatable bonds is 4. The van der Waals surface area contributed by atoms with Gasteiger partial charge in [-0.2, -0.15) is 0 Å². The third kappa shape index (κ3) is 3.05. The van der Waals surface area contributed by atoms with E-state index in [1.54, 1.807) is 0 Å². The van der Waals surface area contributed by atoms with Crippen LogP contribution in [0, 0.1) is 12.3 Å². The van der Waals surface area contributed by atoms with E-state index in [-0.39, 0.29) is 0 Å². The molecule has 1 aromatic carbocycles. The summed E-state index contributed by atoms with van der Waals surface area (Å²) < 4.78 is 0. The fourth-order valence-corrected chi connectivity index (χ4v) is 1.78. The van der Waals surface area contributed by atoms with E-state index in [0.717, 1.165) is 13.0 Å². The van der Waals surface area contributed by atoms with Crippen LogP contribution >= 0.6 is 0 Å². The van der Waals surface area contributed by atoms with Crippen LogP contribution in [0.5, 0.6) is 0 Å². The van der Waals surface area contributed by atoms with Gasteiger partial charge in [0, 0.05) is 36.8 Å². The van der Waals surface area contributed by atoms with Crippen LogP contribution in [-0.2, 0) is 6.54 Å². The molecule has 2 aromatic rings. The van der Waals surface area contributed by atoms with Gasteiger partial charge in [0.05, 0.1) is 0 Å². The summed E-state index contributed by atoms with van der Waals surface area (Å²) >= 11 is 0. The summed E-state index contributed by atoms with van der Waals surface area (Å²) in [5.41, 5.74) is 1.27. The molecule has 0 fully saturated rings. The van der Waals surface area contributed by atoms with E-state index in [1.165, 1.54) is 16.3 Å². The summed E-state index contributed by atoms with van der Waals surface area (Å²) in [4.78, 5) is 4.10. The molecule has 0 radical (unpaired) electrons. The van der Waals surface area contributed by atoms with Gasteiger partial charge in [0.2, 0.25) is 0 Å². The molecule has 1 atom stereocenters. The first-order chi connectivity index (χ1) is 8.29. The molecule has 1 heterocycles. The summed E-state index contributed by atoms with van der Waals surface area (Å²) in [5, 5.41) is 5.81. The molecular formula is C15H16N2. The van der Waals surface area contributed by atoms with E-state index in [9.17, 15) is 0 Å². The van der Waals surface area contributed by atoms with Gasteiger partial charge in [0.15, 0.2) is 0 Å². The molecule has 86 valence electrons. The lowest BCUT2D eigenvalue weighted by atomic mass is 10.1.